The van der Waals surface area contributed by atoms with Crippen molar-refractivity contribution in [2.75, 3.05) is 0 Å². The molecule has 0 fully saturated rings. The van der Waals surface area contributed by atoms with Crippen molar-refractivity contribution in [3.05, 3.63) is 18.2 Å². The largest absolute Gasteiger partial charge is 0.338 e. The highest BCUT2D eigenvalue weighted by Crippen LogP contribution is 2.07. The van der Waals surface area contributed by atoms with Crippen LogP contribution in [0, 0.1) is 5.92 Å². The van der Waals surface area contributed by atoms with Gasteiger partial charge in [0.1, 0.15) is 11.6 Å². The number of Topliss-reactive ketones (excluding diaryl/α,β-unsaturated/α-hetero) is 1. The molecule has 0 aliphatic heterocycles. The van der Waals surface area contributed by atoms with Gasteiger partial charge in [-0.1, -0.05) is 13.8 Å². The molecule has 0 saturated heterocycles. The minimum Gasteiger partial charge on any atom is -0.338 e. The first kappa shape index (κ1) is 12.9. The number of carbonyl (C=O) groups excluding carboxylic acids is 1. The summed E-state index contributed by atoms with van der Waals surface area (Å²) in [5.74, 6) is 1.54. The Balaban J connectivity index is 2.38. The van der Waals surface area contributed by atoms with E-state index in [1.54, 1.807) is 6.20 Å². The summed E-state index contributed by atoms with van der Waals surface area (Å²) in [7, 11) is 1.93. The Morgan fingerprint density at radius 2 is 2.25 bits per heavy atom. The standard InChI is InChI=1S/C12H21N3O/c1-9(2)8-10(13)11(16)4-5-12-14-6-7-15(12)3/h6-7,9-10H,4-5,8,13H2,1-3H3. The van der Waals surface area contributed by atoms with Crippen LogP contribution >= 0.6 is 0 Å². The summed E-state index contributed by atoms with van der Waals surface area (Å²) in [6, 6.07) is -0.319. The van der Waals surface area contributed by atoms with Crippen molar-refractivity contribution in [2.45, 2.75) is 39.2 Å². The van der Waals surface area contributed by atoms with E-state index in [1.165, 1.54) is 0 Å². The maximum Gasteiger partial charge on any atom is 0.149 e. The third-order valence-electron chi connectivity index (χ3n) is 2.65. The van der Waals surface area contributed by atoms with Crippen LogP contribution in [0.25, 0.3) is 0 Å². The second-order valence-electron chi connectivity index (χ2n) is 4.66. The highest BCUT2D eigenvalue weighted by atomic mass is 16.1. The predicted molar refractivity (Wildman–Crippen MR) is 64.0 cm³/mol. The molecule has 90 valence electrons. The van der Waals surface area contributed by atoms with E-state index in [1.807, 2.05) is 17.8 Å². The van der Waals surface area contributed by atoms with Crippen LogP contribution in [-0.2, 0) is 18.3 Å². The van der Waals surface area contributed by atoms with Gasteiger partial charge in [0, 0.05) is 32.3 Å². The van der Waals surface area contributed by atoms with E-state index in [0.717, 1.165) is 12.2 Å². The Hall–Kier alpha value is -1.16. The lowest BCUT2D eigenvalue weighted by molar-refractivity contribution is -0.120. The average Bonchev–Trinajstić information content (AvgIpc) is 2.59. The molecule has 0 aliphatic rings. The van der Waals surface area contributed by atoms with Crippen molar-refractivity contribution in [3.63, 3.8) is 0 Å². The Morgan fingerprint density at radius 3 is 2.75 bits per heavy atom. The molecule has 2 N–H and O–H groups in total. The maximum atomic E-state index is 11.7. The van der Waals surface area contributed by atoms with Crippen molar-refractivity contribution in [3.8, 4) is 0 Å². The second kappa shape index (κ2) is 5.80. The van der Waals surface area contributed by atoms with E-state index < -0.39 is 0 Å². The molecular weight excluding hydrogens is 202 g/mol. The number of ketones is 1. The summed E-state index contributed by atoms with van der Waals surface area (Å²) in [6.07, 6.45) is 5.55. The molecule has 0 bridgehead atoms. The molecule has 0 aliphatic carbocycles. The number of nitrogens with two attached hydrogens (primary N) is 1. The fourth-order valence-electron chi connectivity index (χ4n) is 1.70. The Morgan fingerprint density at radius 1 is 1.56 bits per heavy atom. The molecule has 1 atom stereocenters. The molecule has 1 heterocycles. The lowest BCUT2D eigenvalue weighted by Gasteiger charge is -2.12. The Labute approximate surface area is 96.9 Å². The van der Waals surface area contributed by atoms with Crippen LogP contribution in [-0.4, -0.2) is 21.4 Å². The number of aromatic nitrogens is 2. The van der Waals surface area contributed by atoms with E-state index in [2.05, 4.69) is 18.8 Å². The topological polar surface area (TPSA) is 60.9 Å². The summed E-state index contributed by atoms with van der Waals surface area (Å²) < 4.78 is 1.93. The van der Waals surface area contributed by atoms with Gasteiger partial charge in [-0.3, -0.25) is 4.79 Å². The lowest BCUT2D eigenvalue weighted by atomic mass is 9.98. The number of rotatable bonds is 6. The van der Waals surface area contributed by atoms with Crippen LogP contribution < -0.4 is 5.73 Å². The molecule has 16 heavy (non-hydrogen) atoms. The monoisotopic (exact) mass is 223 g/mol. The van der Waals surface area contributed by atoms with Gasteiger partial charge in [-0.2, -0.15) is 0 Å². The second-order valence-corrected chi connectivity index (χ2v) is 4.66. The zero-order chi connectivity index (χ0) is 12.1. The third kappa shape index (κ3) is 3.77. The van der Waals surface area contributed by atoms with Crippen LogP contribution in [0.4, 0.5) is 0 Å². The van der Waals surface area contributed by atoms with Gasteiger partial charge >= 0.3 is 0 Å². The summed E-state index contributed by atoms with van der Waals surface area (Å²) >= 11 is 0. The van der Waals surface area contributed by atoms with Gasteiger partial charge in [0.15, 0.2) is 0 Å². The molecule has 0 spiro atoms. The summed E-state index contributed by atoms with van der Waals surface area (Å²) in [5, 5.41) is 0. The minimum absolute atomic E-state index is 0.136. The van der Waals surface area contributed by atoms with E-state index in [-0.39, 0.29) is 11.8 Å². The predicted octanol–water partition coefficient (Wildman–Crippen LogP) is 1.30. The van der Waals surface area contributed by atoms with Crippen molar-refractivity contribution in [2.24, 2.45) is 18.7 Å². The summed E-state index contributed by atoms with van der Waals surface area (Å²) in [6.45, 7) is 4.15. The molecular formula is C12H21N3O. The summed E-state index contributed by atoms with van der Waals surface area (Å²) in [4.78, 5) is 15.9. The molecule has 4 nitrogen and oxygen atoms in total. The number of hydrogen-bond acceptors (Lipinski definition) is 3. The van der Waals surface area contributed by atoms with Gasteiger partial charge in [-0.05, 0) is 12.3 Å². The fraction of sp³-hybridized carbons (Fsp3) is 0.667. The van der Waals surface area contributed by atoms with Gasteiger partial charge in [0.25, 0.3) is 0 Å². The first-order chi connectivity index (χ1) is 7.50. The molecule has 1 aromatic rings. The number of aryl methyl sites for hydroxylation is 2. The van der Waals surface area contributed by atoms with Crippen LogP contribution in [0.15, 0.2) is 12.4 Å². The fourth-order valence-corrected chi connectivity index (χ4v) is 1.70. The normalized spacial score (nSPS) is 13.1. The Kier molecular flexibility index (Phi) is 4.68. The van der Waals surface area contributed by atoms with Gasteiger partial charge in [0.05, 0.1) is 6.04 Å². The lowest BCUT2D eigenvalue weighted by Crippen LogP contribution is -2.32. The van der Waals surface area contributed by atoms with E-state index in [4.69, 9.17) is 5.73 Å². The molecule has 1 aromatic heterocycles. The number of imidazole rings is 1. The minimum atomic E-state index is -0.319. The van der Waals surface area contributed by atoms with Gasteiger partial charge < -0.3 is 10.3 Å². The zero-order valence-electron chi connectivity index (χ0n) is 10.3. The molecule has 4 heteroatoms. The van der Waals surface area contributed by atoms with E-state index in [9.17, 15) is 4.79 Å². The van der Waals surface area contributed by atoms with Gasteiger partial charge in [-0.15, -0.1) is 0 Å². The molecule has 1 unspecified atom stereocenters. The quantitative estimate of drug-likeness (QED) is 0.790. The SMILES string of the molecule is CC(C)CC(N)C(=O)CCc1nccn1C. The Bertz CT molecular complexity index is 344. The van der Waals surface area contributed by atoms with E-state index in [0.29, 0.717) is 18.8 Å². The number of nitrogens with zero attached hydrogens (tertiary/aromatic N) is 2. The maximum absolute atomic E-state index is 11.7. The van der Waals surface area contributed by atoms with Crippen molar-refractivity contribution < 1.29 is 4.79 Å². The zero-order valence-corrected chi connectivity index (χ0v) is 10.3. The van der Waals surface area contributed by atoms with Crippen molar-refractivity contribution in [1.29, 1.82) is 0 Å². The van der Waals surface area contributed by atoms with Crippen LogP contribution in [0.5, 0.6) is 0 Å². The molecule has 0 amide bonds. The van der Waals surface area contributed by atoms with Crippen LogP contribution in [0.2, 0.25) is 0 Å². The smallest absolute Gasteiger partial charge is 0.149 e. The number of hydrogen-bond donors (Lipinski definition) is 1. The molecule has 0 aromatic carbocycles. The van der Waals surface area contributed by atoms with Crippen molar-refractivity contribution in [1.82, 2.24) is 9.55 Å². The first-order valence-electron chi connectivity index (χ1n) is 5.75. The van der Waals surface area contributed by atoms with Gasteiger partial charge in [-0.25, -0.2) is 4.98 Å². The number of carbonyl (C=O) groups is 1. The third-order valence-corrected chi connectivity index (χ3v) is 2.65. The van der Waals surface area contributed by atoms with Crippen LogP contribution in [0.1, 0.15) is 32.5 Å². The summed E-state index contributed by atoms with van der Waals surface area (Å²) in [5.41, 5.74) is 5.82. The van der Waals surface area contributed by atoms with Crippen molar-refractivity contribution >= 4 is 5.78 Å². The van der Waals surface area contributed by atoms with Gasteiger partial charge in [0.2, 0.25) is 0 Å². The van der Waals surface area contributed by atoms with Crippen LogP contribution in [0.3, 0.4) is 0 Å². The average molecular weight is 223 g/mol. The first-order valence-corrected chi connectivity index (χ1v) is 5.75. The molecule has 0 radical (unpaired) electrons. The highest BCUT2D eigenvalue weighted by Gasteiger charge is 2.15. The molecule has 1 rings (SSSR count). The van der Waals surface area contributed by atoms with E-state index >= 15 is 0 Å². The highest BCUT2D eigenvalue weighted by molar-refractivity contribution is 5.83. The molecule has 0 saturated carbocycles.